The summed E-state index contributed by atoms with van der Waals surface area (Å²) in [5.41, 5.74) is 6.09. The van der Waals surface area contributed by atoms with Crippen LogP contribution in [0.25, 0.3) is 0 Å². The molecule has 24 heavy (non-hydrogen) atoms. The van der Waals surface area contributed by atoms with Gasteiger partial charge < -0.3 is 20.3 Å². The van der Waals surface area contributed by atoms with Crippen molar-refractivity contribution in [3.63, 3.8) is 0 Å². The zero-order chi connectivity index (χ0) is 16.8. The molecular weight excluding hydrogens is 390 g/mol. The smallest absolute Gasteiger partial charge is 0.191 e. The predicted octanol–water partition coefficient (Wildman–Crippen LogP) is 2.42. The third-order valence-electron chi connectivity index (χ3n) is 3.74. The van der Waals surface area contributed by atoms with E-state index in [9.17, 15) is 0 Å². The molecule has 128 valence electrons. The average molecular weight is 410 g/mol. The minimum Gasteiger partial charge on any atom is -0.492 e. The SMILES string of the molecule is NC(=NCCOc1ccc(Br)cc1)N1CCN(c2nccs2)CC1. The van der Waals surface area contributed by atoms with E-state index in [0.29, 0.717) is 19.1 Å². The Morgan fingerprint density at radius 2 is 2.00 bits per heavy atom. The van der Waals surface area contributed by atoms with Crippen molar-refractivity contribution in [1.29, 1.82) is 0 Å². The van der Waals surface area contributed by atoms with E-state index in [2.05, 4.69) is 35.7 Å². The van der Waals surface area contributed by atoms with Crippen LogP contribution in [0.1, 0.15) is 0 Å². The van der Waals surface area contributed by atoms with E-state index in [1.807, 2.05) is 35.8 Å². The topological polar surface area (TPSA) is 67.0 Å². The fourth-order valence-electron chi connectivity index (χ4n) is 2.45. The van der Waals surface area contributed by atoms with E-state index >= 15 is 0 Å². The molecular formula is C16H20BrN5OS. The van der Waals surface area contributed by atoms with Crippen LogP contribution in [-0.4, -0.2) is 55.2 Å². The Morgan fingerprint density at radius 1 is 1.25 bits per heavy atom. The Kier molecular flexibility index (Phi) is 5.92. The number of nitrogens with two attached hydrogens (primary N) is 1. The van der Waals surface area contributed by atoms with Gasteiger partial charge in [-0.1, -0.05) is 15.9 Å². The molecule has 0 spiro atoms. The first-order valence-corrected chi connectivity index (χ1v) is 9.47. The zero-order valence-corrected chi connectivity index (χ0v) is 15.7. The molecule has 1 aliphatic rings. The number of piperazine rings is 1. The lowest BCUT2D eigenvalue weighted by Crippen LogP contribution is -2.51. The van der Waals surface area contributed by atoms with Crippen LogP contribution in [0.2, 0.25) is 0 Å². The zero-order valence-electron chi connectivity index (χ0n) is 13.3. The number of anilines is 1. The van der Waals surface area contributed by atoms with Crippen LogP contribution in [0.5, 0.6) is 5.75 Å². The van der Waals surface area contributed by atoms with Gasteiger partial charge in [0.25, 0.3) is 0 Å². The molecule has 0 unspecified atom stereocenters. The second-order valence-electron chi connectivity index (χ2n) is 5.33. The molecule has 0 amide bonds. The number of thiazole rings is 1. The summed E-state index contributed by atoms with van der Waals surface area (Å²) in [5, 5.41) is 3.08. The monoisotopic (exact) mass is 409 g/mol. The van der Waals surface area contributed by atoms with Crippen molar-refractivity contribution in [1.82, 2.24) is 9.88 Å². The number of aromatic nitrogens is 1. The molecule has 6 nitrogen and oxygen atoms in total. The molecule has 0 saturated carbocycles. The van der Waals surface area contributed by atoms with Crippen LogP contribution in [0, 0.1) is 0 Å². The number of halogens is 1. The van der Waals surface area contributed by atoms with Crippen LogP contribution < -0.4 is 15.4 Å². The second kappa shape index (κ2) is 8.34. The molecule has 8 heteroatoms. The molecule has 3 rings (SSSR count). The van der Waals surface area contributed by atoms with Gasteiger partial charge in [0.05, 0.1) is 6.54 Å². The van der Waals surface area contributed by atoms with Crippen molar-refractivity contribution in [2.45, 2.75) is 0 Å². The number of benzene rings is 1. The van der Waals surface area contributed by atoms with Gasteiger partial charge in [-0.2, -0.15) is 0 Å². The Labute approximate surface area is 154 Å². The van der Waals surface area contributed by atoms with Gasteiger partial charge in [0.2, 0.25) is 0 Å². The summed E-state index contributed by atoms with van der Waals surface area (Å²) in [5.74, 6) is 1.43. The van der Waals surface area contributed by atoms with E-state index in [4.69, 9.17) is 10.5 Å². The van der Waals surface area contributed by atoms with Gasteiger partial charge in [-0.05, 0) is 24.3 Å². The van der Waals surface area contributed by atoms with Crippen molar-refractivity contribution >= 4 is 38.4 Å². The molecule has 0 atom stereocenters. The van der Waals surface area contributed by atoms with E-state index in [1.165, 1.54) is 0 Å². The van der Waals surface area contributed by atoms with Gasteiger partial charge in [0.15, 0.2) is 11.1 Å². The number of guanidine groups is 1. The number of ether oxygens (including phenoxy) is 1. The highest BCUT2D eigenvalue weighted by molar-refractivity contribution is 9.10. The summed E-state index contributed by atoms with van der Waals surface area (Å²) in [7, 11) is 0. The quantitative estimate of drug-likeness (QED) is 0.466. The molecule has 2 N–H and O–H groups in total. The summed E-state index contributed by atoms with van der Waals surface area (Å²) < 4.78 is 6.68. The Balaban J connectivity index is 1.40. The maximum absolute atomic E-state index is 6.09. The fraction of sp³-hybridized carbons (Fsp3) is 0.375. The Hall–Kier alpha value is -1.80. The van der Waals surface area contributed by atoms with Crippen molar-refractivity contribution in [3.8, 4) is 5.75 Å². The van der Waals surface area contributed by atoms with Gasteiger partial charge in [-0.25, -0.2) is 9.98 Å². The van der Waals surface area contributed by atoms with Crippen LogP contribution in [-0.2, 0) is 0 Å². The molecule has 0 aliphatic carbocycles. The van der Waals surface area contributed by atoms with Gasteiger partial charge in [0, 0.05) is 42.2 Å². The van der Waals surface area contributed by atoms with Crippen molar-refractivity contribution in [2.75, 3.05) is 44.2 Å². The first kappa shape index (κ1) is 17.0. The van der Waals surface area contributed by atoms with Crippen molar-refractivity contribution in [2.24, 2.45) is 10.7 Å². The predicted molar refractivity (Wildman–Crippen MR) is 102 cm³/mol. The third-order valence-corrected chi connectivity index (χ3v) is 5.10. The van der Waals surface area contributed by atoms with Gasteiger partial charge >= 0.3 is 0 Å². The maximum atomic E-state index is 6.09. The molecule has 1 aromatic heterocycles. The van der Waals surface area contributed by atoms with Crippen LogP contribution in [0.15, 0.2) is 45.3 Å². The summed E-state index contributed by atoms with van der Waals surface area (Å²) in [6.45, 7) is 4.62. The molecule has 1 aliphatic heterocycles. The van der Waals surface area contributed by atoms with Gasteiger partial charge in [-0.3, -0.25) is 0 Å². The summed E-state index contributed by atoms with van der Waals surface area (Å²) in [6, 6.07) is 7.76. The van der Waals surface area contributed by atoms with Crippen LogP contribution in [0.3, 0.4) is 0 Å². The maximum Gasteiger partial charge on any atom is 0.191 e. The highest BCUT2D eigenvalue weighted by Crippen LogP contribution is 2.19. The van der Waals surface area contributed by atoms with Crippen molar-refractivity contribution < 1.29 is 4.74 Å². The fourth-order valence-corrected chi connectivity index (χ4v) is 3.41. The highest BCUT2D eigenvalue weighted by Gasteiger charge is 2.19. The molecule has 1 fully saturated rings. The van der Waals surface area contributed by atoms with E-state index in [-0.39, 0.29) is 0 Å². The number of aliphatic imine (C=N–C) groups is 1. The lowest BCUT2D eigenvalue weighted by molar-refractivity contribution is 0.326. The second-order valence-corrected chi connectivity index (χ2v) is 7.12. The van der Waals surface area contributed by atoms with Gasteiger partial charge in [-0.15, -0.1) is 11.3 Å². The molecule has 2 heterocycles. The lowest BCUT2D eigenvalue weighted by Gasteiger charge is -2.35. The molecule has 1 aromatic carbocycles. The standard InChI is InChI=1S/C16H20BrN5OS/c17-13-1-3-14(4-2-13)23-11-5-19-15(18)21-7-9-22(10-8-21)16-20-6-12-24-16/h1-4,6,12H,5,7-11H2,(H2,18,19). The summed E-state index contributed by atoms with van der Waals surface area (Å²) in [6.07, 6.45) is 1.84. The number of rotatable bonds is 5. The lowest BCUT2D eigenvalue weighted by atomic mass is 10.3. The first-order valence-electron chi connectivity index (χ1n) is 7.80. The van der Waals surface area contributed by atoms with Crippen LogP contribution in [0.4, 0.5) is 5.13 Å². The average Bonchev–Trinajstić information content (AvgIpc) is 3.15. The summed E-state index contributed by atoms with van der Waals surface area (Å²) >= 11 is 5.07. The van der Waals surface area contributed by atoms with Gasteiger partial charge in [0.1, 0.15) is 12.4 Å². The Morgan fingerprint density at radius 3 is 2.67 bits per heavy atom. The Bertz CT molecular complexity index is 654. The number of hydrogen-bond donors (Lipinski definition) is 1. The van der Waals surface area contributed by atoms with Crippen LogP contribution >= 0.6 is 27.3 Å². The molecule has 1 saturated heterocycles. The van der Waals surface area contributed by atoms with E-state index < -0.39 is 0 Å². The first-order chi connectivity index (χ1) is 11.7. The van der Waals surface area contributed by atoms with Crippen molar-refractivity contribution in [3.05, 3.63) is 40.3 Å². The largest absolute Gasteiger partial charge is 0.492 e. The van der Waals surface area contributed by atoms with E-state index in [1.54, 1.807) is 11.3 Å². The third kappa shape index (κ3) is 4.61. The van der Waals surface area contributed by atoms with E-state index in [0.717, 1.165) is 41.5 Å². The summed E-state index contributed by atoms with van der Waals surface area (Å²) in [4.78, 5) is 13.2. The molecule has 2 aromatic rings. The normalized spacial score (nSPS) is 15.6. The molecule has 0 bridgehead atoms. The number of nitrogens with zero attached hydrogens (tertiary/aromatic N) is 4. The number of hydrogen-bond acceptors (Lipinski definition) is 5. The molecule has 0 radical (unpaired) electrons. The minimum absolute atomic E-state index is 0.515. The highest BCUT2D eigenvalue weighted by atomic mass is 79.9. The minimum atomic E-state index is 0.515.